The summed E-state index contributed by atoms with van der Waals surface area (Å²) in [5.41, 5.74) is 1.43. The van der Waals surface area contributed by atoms with E-state index in [-0.39, 0.29) is 35.8 Å². The summed E-state index contributed by atoms with van der Waals surface area (Å²) in [5.74, 6) is 0.687. The molecule has 3 aromatic carbocycles. The number of piperidine rings is 1. The van der Waals surface area contributed by atoms with Gasteiger partial charge in [-0.1, -0.05) is 55.5 Å². The van der Waals surface area contributed by atoms with Crippen LogP contribution < -0.4 is 9.47 Å². The van der Waals surface area contributed by atoms with E-state index in [0.29, 0.717) is 56.0 Å². The van der Waals surface area contributed by atoms with Crippen LogP contribution in [-0.4, -0.2) is 80.8 Å². The van der Waals surface area contributed by atoms with Crippen molar-refractivity contribution in [1.29, 1.82) is 0 Å². The number of methoxy groups -OCH3 is 2. The molecule has 0 bridgehead atoms. The van der Waals surface area contributed by atoms with Crippen LogP contribution in [0, 0.1) is 0 Å². The summed E-state index contributed by atoms with van der Waals surface area (Å²) in [5, 5.41) is 0. The SMILES string of the molecule is CCCN(CC(=O)N(Cc1ccccc1)C1CCN(C(=O)c2cc(OC)cc(OC)c2)CC1)S(=O)(=O)c1ccccc1. The maximum atomic E-state index is 13.9. The first-order chi connectivity index (χ1) is 20.3. The zero-order chi connectivity index (χ0) is 30.1. The summed E-state index contributed by atoms with van der Waals surface area (Å²) < 4.78 is 38.8. The van der Waals surface area contributed by atoms with Gasteiger partial charge in [-0.05, 0) is 49.1 Å². The lowest BCUT2D eigenvalue weighted by Crippen LogP contribution is -2.51. The Balaban J connectivity index is 1.52. The Labute approximate surface area is 248 Å². The Hall–Kier alpha value is -3.89. The molecule has 0 radical (unpaired) electrons. The summed E-state index contributed by atoms with van der Waals surface area (Å²) in [6.45, 7) is 3.16. The molecule has 1 aliphatic heterocycles. The van der Waals surface area contributed by atoms with E-state index in [1.807, 2.05) is 37.3 Å². The molecule has 1 heterocycles. The Morgan fingerprint density at radius 3 is 2.00 bits per heavy atom. The highest BCUT2D eigenvalue weighted by Crippen LogP contribution is 2.26. The quantitative estimate of drug-likeness (QED) is 0.308. The van der Waals surface area contributed by atoms with Crippen molar-refractivity contribution in [3.8, 4) is 11.5 Å². The van der Waals surface area contributed by atoms with E-state index in [1.54, 1.807) is 72.6 Å². The summed E-state index contributed by atoms with van der Waals surface area (Å²) in [4.78, 5) is 31.0. The molecule has 1 aliphatic rings. The van der Waals surface area contributed by atoms with Crippen molar-refractivity contribution in [3.05, 3.63) is 90.0 Å². The van der Waals surface area contributed by atoms with Gasteiger partial charge in [0.25, 0.3) is 5.91 Å². The molecule has 0 aromatic heterocycles. The first-order valence-electron chi connectivity index (χ1n) is 14.2. The van der Waals surface area contributed by atoms with Gasteiger partial charge in [0, 0.05) is 43.9 Å². The Kier molecular flexibility index (Phi) is 10.6. The van der Waals surface area contributed by atoms with Crippen LogP contribution >= 0.6 is 0 Å². The molecule has 0 spiro atoms. The molecule has 0 unspecified atom stereocenters. The maximum absolute atomic E-state index is 13.9. The fourth-order valence-corrected chi connectivity index (χ4v) is 6.71. The van der Waals surface area contributed by atoms with Crippen LogP contribution in [-0.2, 0) is 21.4 Å². The molecule has 0 atom stereocenters. The predicted molar refractivity (Wildman–Crippen MR) is 161 cm³/mol. The van der Waals surface area contributed by atoms with E-state index in [1.165, 1.54) is 4.31 Å². The Morgan fingerprint density at radius 1 is 0.881 bits per heavy atom. The smallest absolute Gasteiger partial charge is 0.254 e. The number of amides is 2. The standard InChI is InChI=1S/C32H39N3O6S/c1-4-17-34(42(38,39)30-13-9-6-10-14-30)24-31(36)35(23-25-11-7-5-8-12-25)27-15-18-33(19-16-27)32(37)26-20-28(40-2)22-29(21-26)41-3/h5-14,20-22,27H,4,15-19,23-24H2,1-3H3. The second-order valence-electron chi connectivity index (χ2n) is 10.3. The first kappa shape index (κ1) is 31.1. The summed E-state index contributed by atoms with van der Waals surface area (Å²) in [7, 11) is -0.763. The molecule has 0 aliphatic carbocycles. The number of rotatable bonds is 12. The van der Waals surface area contributed by atoms with Gasteiger partial charge in [-0.2, -0.15) is 4.31 Å². The third kappa shape index (κ3) is 7.49. The van der Waals surface area contributed by atoms with E-state index in [4.69, 9.17) is 9.47 Å². The van der Waals surface area contributed by atoms with Crippen LogP contribution in [0.3, 0.4) is 0 Å². The van der Waals surface area contributed by atoms with Gasteiger partial charge in [0.2, 0.25) is 15.9 Å². The molecule has 3 aromatic rings. The number of hydrogen-bond acceptors (Lipinski definition) is 6. The normalized spacial score (nSPS) is 14.0. The lowest BCUT2D eigenvalue weighted by molar-refractivity contribution is -0.135. The van der Waals surface area contributed by atoms with Crippen molar-refractivity contribution < 1.29 is 27.5 Å². The second-order valence-corrected chi connectivity index (χ2v) is 12.2. The molecule has 10 heteroatoms. The predicted octanol–water partition coefficient (Wildman–Crippen LogP) is 4.44. The molecule has 0 N–H and O–H groups in total. The molecular weight excluding hydrogens is 554 g/mol. The number of benzene rings is 3. The largest absolute Gasteiger partial charge is 0.497 e. The summed E-state index contributed by atoms with van der Waals surface area (Å²) >= 11 is 0. The topological polar surface area (TPSA) is 96.5 Å². The van der Waals surface area contributed by atoms with Crippen LogP contribution in [0.1, 0.15) is 42.1 Å². The van der Waals surface area contributed by atoms with Gasteiger partial charge in [0.1, 0.15) is 11.5 Å². The molecule has 42 heavy (non-hydrogen) atoms. The summed E-state index contributed by atoms with van der Waals surface area (Å²) in [6.07, 6.45) is 1.73. The molecule has 224 valence electrons. The second kappa shape index (κ2) is 14.3. The van der Waals surface area contributed by atoms with Crippen LogP contribution in [0.25, 0.3) is 0 Å². The highest BCUT2D eigenvalue weighted by molar-refractivity contribution is 7.89. The van der Waals surface area contributed by atoms with Crippen molar-refractivity contribution >= 4 is 21.8 Å². The van der Waals surface area contributed by atoms with Crippen molar-refractivity contribution in [2.24, 2.45) is 0 Å². The number of ether oxygens (including phenoxy) is 2. The van der Waals surface area contributed by atoms with Crippen LogP contribution in [0.2, 0.25) is 0 Å². The number of likely N-dealkylation sites (tertiary alicyclic amines) is 1. The zero-order valence-electron chi connectivity index (χ0n) is 24.4. The van der Waals surface area contributed by atoms with Gasteiger partial charge < -0.3 is 19.3 Å². The monoisotopic (exact) mass is 593 g/mol. The van der Waals surface area contributed by atoms with Gasteiger partial charge in [-0.15, -0.1) is 0 Å². The molecule has 4 rings (SSSR count). The van der Waals surface area contributed by atoms with Gasteiger partial charge >= 0.3 is 0 Å². The first-order valence-corrected chi connectivity index (χ1v) is 15.6. The molecule has 1 saturated heterocycles. The molecule has 1 fully saturated rings. The van der Waals surface area contributed by atoms with E-state index < -0.39 is 10.0 Å². The van der Waals surface area contributed by atoms with Crippen LogP contribution in [0.5, 0.6) is 11.5 Å². The zero-order valence-corrected chi connectivity index (χ0v) is 25.3. The third-order valence-corrected chi connectivity index (χ3v) is 9.33. The Morgan fingerprint density at radius 2 is 1.45 bits per heavy atom. The van der Waals surface area contributed by atoms with Crippen molar-refractivity contribution in [1.82, 2.24) is 14.1 Å². The minimum absolute atomic E-state index is 0.130. The fraction of sp³-hybridized carbons (Fsp3) is 0.375. The van der Waals surface area contributed by atoms with Crippen molar-refractivity contribution in [2.75, 3.05) is 40.4 Å². The van der Waals surface area contributed by atoms with E-state index >= 15 is 0 Å². The van der Waals surface area contributed by atoms with E-state index in [9.17, 15) is 18.0 Å². The van der Waals surface area contributed by atoms with Gasteiger partial charge in [-0.25, -0.2) is 8.42 Å². The Bertz CT molecular complexity index is 1420. The molecule has 0 saturated carbocycles. The number of sulfonamides is 1. The number of carbonyl (C=O) groups is 2. The lowest BCUT2D eigenvalue weighted by Gasteiger charge is -2.39. The van der Waals surface area contributed by atoms with Crippen LogP contribution in [0.4, 0.5) is 0 Å². The lowest BCUT2D eigenvalue weighted by atomic mass is 10.0. The number of carbonyl (C=O) groups excluding carboxylic acids is 2. The highest BCUT2D eigenvalue weighted by Gasteiger charge is 2.33. The minimum Gasteiger partial charge on any atom is -0.497 e. The van der Waals surface area contributed by atoms with Crippen molar-refractivity contribution in [2.45, 2.75) is 43.7 Å². The van der Waals surface area contributed by atoms with Gasteiger partial charge in [-0.3, -0.25) is 9.59 Å². The van der Waals surface area contributed by atoms with Gasteiger partial charge in [0.15, 0.2) is 0 Å². The van der Waals surface area contributed by atoms with E-state index in [2.05, 4.69) is 0 Å². The number of hydrogen-bond donors (Lipinski definition) is 0. The molecule has 2 amide bonds. The van der Waals surface area contributed by atoms with E-state index in [0.717, 1.165) is 5.56 Å². The van der Waals surface area contributed by atoms with Gasteiger partial charge in [0.05, 0.1) is 25.7 Å². The highest BCUT2D eigenvalue weighted by atomic mass is 32.2. The summed E-state index contributed by atoms with van der Waals surface area (Å²) in [6, 6.07) is 22.9. The molecular formula is C32H39N3O6S. The number of nitrogens with zero attached hydrogens (tertiary/aromatic N) is 3. The fourth-order valence-electron chi connectivity index (χ4n) is 5.21. The maximum Gasteiger partial charge on any atom is 0.254 e. The minimum atomic E-state index is -3.85. The third-order valence-electron chi connectivity index (χ3n) is 7.47. The molecule has 9 nitrogen and oxygen atoms in total. The average molecular weight is 594 g/mol. The van der Waals surface area contributed by atoms with Crippen molar-refractivity contribution in [3.63, 3.8) is 0 Å². The van der Waals surface area contributed by atoms with Crippen LogP contribution in [0.15, 0.2) is 83.8 Å². The average Bonchev–Trinajstić information content (AvgIpc) is 3.03.